The zero-order valence-electron chi connectivity index (χ0n) is 16.9. The number of carbonyl (C=O) groups excluding carboxylic acids is 1. The van der Waals surface area contributed by atoms with Crippen LogP contribution in [0.15, 0.2) is 42.2 Å². The number of fused-ring (bicyclic) bond motifs is 1. The van der Waals surface area contributed by atoms with Crippen LogP contribution < -0.4 is 14.1 Å². The molecule has 28 heavy (non-hydrogen) atoms. The third kappa shape index (κ3) is 4.10. The van der Waals surface area contributed by atoms with Gasteiger partial charge in [0.1, 0.15) is 12.3 Å². The number of nitriles is 1. The molecule has 1 aliphatic rings. The molecular weight excluding hydrogens is 368 g/mol. The molecule has 0 N–H and O–H groups in total. The summed E-state index contributed by atoms with van der Waals surface area (Å²) in [6.07, 6.45) is 1.72. The van der Waals surface area contributed by atoms with E-state index >= 15 is 0 Å². The van der Waals surface area contributed by atoms with Crippen LogP contribution in [0, 0.1) is 25.2 Å². The van der Waals surface area contributed by atoms with E-state index in [1.54, 1.807) is 18.2 Å². The average Bonchev–Trinajstić information content (AvgIpc) is 2.61. The SMILES string of the molecule is Cc1cc(C=C2Oc3ccccc3N(CC#N)C2=O)cc(C)c1O[Si](C)(C)C. The fraction of sp³-hybridized carbons (Fsp3) is 0.273. The van der Waals surface area contributed by atoms with Crippen molar-refractivity contribution in [2.24, 2.45) is 0 Å². The van der Waals surface area contributed by atoms with E-state index in [1.165, 1.54) is 4.90 Å². The van der Waals surface area contributed by atoms with Gasteiger partial charge in [0, 0.05) is 0 Å². The van der Waals surface area contributed by atoms with Crippen molar-refractivity contribution in [2.45, 2.75) is 33.5 Å². The van der Waals surface area contributed by atoms with Crippen molar-refractivity contribution in [3.63, 3.8) is 0 Å². The lowest BCUT2D eigenvalue weighted by molar-refractivity contribution is -0.117. The number of hydrogen-bond donors (Lipinski definition) is 0. The molecular formula is C22H24N2O3Si. The molecule has 0 fully saturated rings. The second-order valence-electron chi connectivity index (χ2n) is 7.83. The molecule has 0 saturated carbocycles. The summed E-state index contributed by atoms with van der Waals surface area (Å²) < 4.78 is 12.1. The first kappa shape index (κ1) is 19.7. The molecule has 0 aliphatic carbocycles. The normalized spacial score (nSPS) is 15.1. The van der Waals surface area contributed by atoms with Crippen molar-refractivity contribution in [1.29, 1.82) is 5.26 Å². The fourth-order valence-corrected chi connectivity index (χ4v) is 4.11. The third-order valence-electron chi connectivity index (χ3n) is 4.25. The first-order valence-corrected chi connectivity index (χ1v) is 12.6. The number of anilines is 1. The van der Waals surface area contributed by atoms with Crippen LogP contribution in [-0.4, -0.2) is 20.8 Å². The lowest BCUT2D eigenvalue weighted by Crippen LogP contribution is -2.37. The summed E-state index contributed by atoms with van der Waals surface area (Å²) in [5.41, 5.74) is 3.51. The molecule has 0 unspecified atom stereocenters. The van der Waals surface area contributed by atoms with E-state index in [-0.39, 0.29) is 18.2 Å². The van der Waals surface area contributed by atoms with E-state index in [2.05, 4.69) is 25.7 Å². The molecule has 1 heterocycles. The third-order valence-corrected chi connectivity index (χ3v) is 5.07. The van der Waals surface area contributed by atoms with Crippen molar-refractivity contribution in [1.82, 2.24) is 0 Å². The van der Waals surface area contributed by atoms with Crippen LogP contribution in [0.3, 0.4) is 0 Å². The Kier molecular flexibility index (Phi) is 5.30. The van der Waals surface area contributed by atoms with E-state index in [9.17, 15) is 4.79 Å². The van der Waals surface area contributed by atoms with Gasteiger partial charge in [0.25, 0.3) is 5.91 Å². The first-order valence-electron chi connectivity index (χ1n) is 9.17. The van der Waals surface area contributed by atoms with E-state index in [4.69, 9.17) is 14.4 Å². The van der Waals surface area contributed by atoms with Crippen molar-refractivity contribution < 1.29 is 14.0 Å². The molecule has 144 valence electrons. The minimum atomic E-state index is -1.72. The van der Waals surface area contributed by atoms with Gasteiger partial charge in [-0.2, -0.15) is 5.26 Å². The van der Waals surface area contributed by atoms with E-state index < -0.39 is 8.32 Å². The second kappa shape index (κ2) is 7.53. The molecule has 0 radical (unpaired) electrons. The van der Waals surface area contributed by atoms with E-state index in [1.807, 2.05) is 38.1 Å². The summed E-state index contributed by atoms with van der Waals surface area (Å²) in [4.78, 5) is 14.3. The monoisotopic (exact) mass is 392 g/mol. The molecule has 1 amide bonds. The summed E-state index contributed by atoms with van der Waals surface area (Å²) in [5, 5.41) is 9.12. The molecule has 0 spiro atoms. The van der Waals surface area contributed by atoms with Crippen molar-refractivity contribution in [2.75, 3.05) is 11.4 Å². The highest BCUT2D eigenvalue weighted by Gasteiger charge is 2.30. The highest BCUT2D eigenvalue weighted by atomic mass is 28.4. The van der Waals surface area contributed by atoms with Gasteiger partial charge in [0.05, 0.1) is 11.8 Å². The van der Waals surface area contributed by atoms with Crippen LogP contribution in [-0.2, 0) is 4.79 Å². The van der Waals surface area contributed by atoms with Crippen molar-refractivity contribution in [3.05, 3.63) is 58.8 Å². The second-order valence-corrected chi connectivity index (χ2v) is 12.3. The van der Waals surface area contributed by atoms with Crippen LogP contribution >= 0.6 is 0 Å². The van der Waals surface area contributed by atoms with Crippen LogP contribution in [0.25, 0.3) is 6.08 Å². The fourth-order valence-electron chi connectivity index (χ4n) is 3.18. The summed E-state index contributed by atoms with van der Waals surface area (Å²) in [6.45, 7) is 10.4. The number of carbonyl (C=O) groups is 1. The summed E-state index contributed by atoms with van der Waals surface area (Å²) >= 11 is 0. The maximum absolute atomic E-state index is 12.9. The molecule has 6 heteroatoms. The van der Waals surface area contributed by atoms with Gasteiger partial charge in [-0.1, -0.05) is 12.1 Å². The highest BCUT2D eigenvalue weighted by molar-refractivity contribution is 6.70. The van der Waals surface area contributed by atoms with Gasteiger partial charge in [-0.25, -0.2) is 0 Å². The number of ether oxygens (including phenoxy) is 1. The van der Waals surface area contributed by atoms with Gasteiger partial charge in [-0.3, -0.25) is 9.69 Å². The summed E-state index contributed by atoms with van der Waals surface area (Å²) in [6, 6.07) is 13.3. The number of nitrogens with zero attached hydrogens (tertiary/aromatic N) is 2. The molecule has 0 aromatic heterocycles. The molecule has 3 rings (SSSR count). The van der Waals surface area contributed by atoms with Crippen LogP contribution in [0.2, 0.25) is 19.6 Å². The van der Waals surface area contributed by atoms with Gasteiger partial charge in [-0.05, 0) is 80.5 Å². The van der Waals surface area contributed by atoms with Crippen LogP contribution in [0.5, 0.6) is 11.5 Å². The molecule has 0 saturated heterocycles. The first-order chi connectivity index (χ1) is 13.2. The molecule has 1 aliphatic heterocycles. The Labute approximate surface area is 166 Å². The Bertz CT molecular complexity index is 977. The Morgan fingerprint density at radius 3 is 2.43 bits per heavy atom. The van der Waals surface area contributed by atoms with Gasteiger partial charge < -0.3 is 9.16 Å². The quantitative estimate of drug-likeness (QED) is 0.426. The zero-order chi connectivity index (χ0) is 20.5. The lowest BCUT2D eigenvalue weighted by atomic mass is 10.0. The summed E-state index contributed by atoms with van der Waals surface area (Å²) in [5.74, 6) is 1.36. The minimum Gasteiger partial charge on any atom is -0.544 e. The Hall–Kier alpha value is -3.04. The standard InChI is InChI=1S/C22H24N2O3Si/c1-15-12-17(13-16(2)21(15)27-28(3,4)5)14-20-22(25)24(11-10-23)18-8-6-7-9-19(18)26-20/h6-9,12-14H,11H2,1-5H3. The largest absolute Gasteiger partial charge is 0.544 e. The van der Waals surface area contributed by atoms with E-state index in [0.717, 1.165) is 22.4 Å². The van der Waals surface area contributed by atoms with E-state index in [0.29, 0.717) is 11.4 Å². The number of amides is 1. The molecule has 2 aromatic carbocycles. The van der Waals surface area contributed by atoms with Crippen molar-refractivity contribution in [3.8, 4) is 17.6 Å². The van der Waals surface area contributed by atoms with Crippen molar-refractivity contribution >= 4 is 26.0 Å². The van der Waals surface area contributed by atoms with Gasteiger partial charge in [-0.15, -0.1) is 0 Å². The smallest absolute Gasteiger partial charge is 0.295 e. The highest BCUT2D eigenvalue weighted by Crippen LogP contribution is 2.36. The lowest BCUT2D eigenvalue weighted by Gasteiger charge is -2.28. The predicted molar refractivity (Wildman–Crippen MR) is 113 cm³/mol. The Morgan fingerprint density at radius 2 is 1.82 bits per heavy atom. The Morgan fingerprint density at radius 1 is 1.18 bits per heavy atom. The maximum atomic E-state index is 12.9. The van der Waals surface area contributed by atoms with Crippen LogP contribution in [0.1, 0.15) is 16.7 Å². The molecule has 0 atom stereocenters. The number of para-hydroxylation sites is 2. The summed E-state index contributed by atoms with van der Waals surface area (Å²) in [7, 11) is -1.72. The molecule has 0 bridgehead atoms. The predicted octanol–water partition coefficient (Wildman–Crippen LogP) is 4.81. The number of benzene rings is 2. The van der Waals surface area contributed by atoms with Gasteiger partial charge in [0.2, 0.25) is 8.32 Å². The molecule has 2 aromatic rings. The topological polar surface area (TPSA) is 62.6 Å². The number of hydrogen-bond acceptors (Lipinski definition) is 4. The van der Waals surface area contributed by atoms with Gasteiger partial charge in [0.15, 0.2) is 11.5 Å². The number of aryl methyl sites for hydroxylation is 2. The zero-order valence-corrected chi connectivity index (χ0v) is 17.9. The van der Waals surface area contributed by atoms with Gasteiger partial charge >= 0.3 is 0 Å². The van der Waals surface area contributed by atoms with Crippen LogP contribution in [0.4, 0.5) is 5.69 Å². The molecule has 5 nitrogen and oxygen atoms in total. The average molecular weight is 393 g/mol. The maximum Gasteiger partial charge on any atom is 0.295 e. The number of rotatable bonds is 4. The minimum absolute atomic E-state index is 0.0302. The Balaban J connectivity index is 2.00.